The number of phenolic OH excluding ortho intramolecular Hbond substituents is 1. The molecule has 0 unspecified atom stereocenters. The highest BCUT2D eigenvalue weighted by Gasteiger charge is 2.35. The maximum Gasteiger partial charge on any atom is 0.326 e. The van der Waals surface area contributed by atoms with Crippen molar-refractivity contribution in [3.63, 3.8) is 0 Å². The van der Waals surface area contributed by atoms with E-state index >= 15 is 0 Å². The van der Waals surface area contributed by atoms with E-state index in [1.165, 1.54) is 17.9 Å². The van der Waals surface area contributed by atoms with Crippen molar-refractivity contribution in [2.45, 2.75) is 32.0 Å². The summed E-state index contributed by atoms with van der Waals surface area (Å²) in [6.07, 6.45) is 0.226. The summed E-state index contributed by atoms with van der Waals surface area (Å²) in [6, 6.07) is 3.10. The monoisotopic (exact) mass is 264 g/mol. The van der Waals surface area contributed by atoms with Gasteiger partial charge in [0.2, 0.25) is 5.91 Å². The van der Waals surface area contributed by atoms with E-state index in [-0.39, 0.29) is 18.7 Å². The first-order chi connectivity index (χ1) is 8.90. The summed E-state index contributed by atoms with van der Waals surface area (Å²) < 4.78 is 0. The Morgan fingerprint density at radius 1 is 1.42 bits per heavy atom. The summed E-state index contributed by atoms with van der Waals surface area (Å²) in [5.74, 6) is -1.35. The number of aliphatic carboxylic acids is 1. The number of hydrogen-bond acceptors (Lipinski definition) is 4. The number of rotatable bonds is 2. The van der Waals surface area contributed by atoms with Crippen LogP contribution in [0.3, 0.4) is 0 Å². The maximum atomic E-state index is 12.0. The highest BCUT2D eigenvalue weighted by Crippen LogP contribution is 2.27. The third-order valence-corrected chi connectivity index (χ3v) is 3.28. The van der Waals surface area contributed by atoms with Crippen molar-refractivity contribution in [2.75, 3.05) is 0 Å². The van der Waals surface area contributed by atoms with Crippen LogP contribution in [0.4, 0.5) is 0 Å². The minimum Gasteiger partial charge on any atom is -0.508 e. The summed E-state index contributed by atoms with van der Waals surface area (Å²) >= 11 is 0. The molecule has 2 atom stereocenters. The molecule has 0 saturated heterocycles. The van der Waals surface area contributed by atoms with E-state index in [2.05, 4.69) is 0 Å². The van der Waals surface area contributed by atoms with Gasteiger partial charge in [-0.1, -0.05) is 6.07 Å². The largest absolute Gasteiger partial charge is 0.508 e. The SMILES string of the molecule is C[C@H](N)C(=O)N1Cc2cc(O)ccc2C[C@H]1C(=O)O. The van der Waals surface area contributed by atoms with Crippen LogP contribution < -0.4 is 5.73 Å². The molecule has 0 aromatic heterocycles. The summed E-state index contributed by atoms with van der Waals surface area (Å²) in [7, 11) is 0. The Morgan fingerprint density at radius 2 is 2.11 bits per heavy atom. The van der Waals surface area contributed by atoms with Crippen LogP contribution in [0, 0.1) is 0 Å². The Bertz CT molecular complexity index is 527. The average molecular weight is 264 g/mol. The zero-order valence-electron chi connectivity index (χ0n) is 10.5. The number of nitrogens with two attached hydrogens (primary N) is 1. The first-order valence-corrected chi connectivity index (χ1v) is 5.99. The second-order valence-electron chi connectivity index (χ2n) is 4.77. The van der Waals surface area contributed by atoms with Gasteiger partial charge in [-0.25, -0.2) is 4.79 Å². The number of hydrogen-bond donors (Lipinski definition) is 3. The molecule has 0 fully saturated rings. The Balaban J connectivity index is 2.38. The van der Waals surface area contributed by atoms with Crippen molar-refractivity contribution < 1.29 is 19.8 Å². The van der Waals surface area contributed by atoms with Crippen LogP contribution in [-0.2, 0) is 22.6 Å². The molecule has 0 saturated carbocycles. The zero-order valence-corrected chi connectivity index (χ0v) is 10.5. The number of carbonyl (C=O) groups excluding carboxylic acids is 1. The number of nitrogens with zero attached hydrogens (tertiary/aromatic N) is 1. The minimum atomic E-state index is -1.05. The Labute approximate surface area is 110 Å². The van der Waals surface area contributed by atoms with Crippen molar-refractivity contribution in [3.05, 3.63) is 29.3 Å². The van der Waals surface area contributed by atoms with Gasteiger partial charge in [0.25, 0.3) is 0 Å². The van der Waals surface area contributed by atoms with Crippen molar-refractivity contribution in [3.8, 4) is 5.75 Å². The zero-order chi connectivity index (χ0) is 14.2. The van der Waals surface area contributed by atoms with E-state index in [9.17, 15) is 19.8 Å². The average Bonchev–Trinajstić information content (AvgIpc) is 2.35. The fraction of sp³-hybridized carbons (Fsp3) is 0.385. The molecule has 1 heterocycles. The third-order valence-electron chi connectivity index (χ3n) is 3.28. The number of aromatic hydroxyl groups is 1. The fourth-order valence-electron chi connectivity index (χ4n) is 2.28. The molecule has 4 N–H and O–H groups in total. The van der Waals surface area contributed by atoms with Gasteiger partial charge < -0.3 is 20.8 Å². The Kier molecular flexibility index (Phi) is 3.44. The van der Waals surface area contributed by atoms with Gasteiger partial charge in [0.1, 0.15) is 11.8 Å². The van der Waals surface area contributed by atoms with E-state index < -0.39 is 24.0 Å². The molecule has 6 nitrogen and oxygen atoms in total. The van der Waals surface area contributed by atoms with Crippen molar-refractivity contribution >= 4 is 11.9 Å². The summed E-state index contributed by atoms with van der Waals surface area (Å²) in [4.78, 5) is 24.5. The lowest BCUT2D eigenvalue weighted by molar-refractivity contribution is -0.151. The lowest BCUT2D eigenvalue weighted by Crippen LogP contribution is -2.53. The van der Waals surface area contributed by atoms with Crippen LogP contribution in [0.25, 0.3) is 0 Å². The number of phenols is 1. The Hall–Kier alpha value is -2.08. The van der Waals surface area contributed by atoms with Crippen LogP contribution >= 0.6 is 0 Å². The molecule has 1 amide bonds. The standard InChI is InChI=1S/C13H16N2O4/c1-7(14)12(17)15-6-9-4-10(16)3-2-8(9)5-11(15)13(18)19/h2-4,7,11,16H,5-6,14H2,1H3,(H,18,19)/t7-,11-/m0/s1. The molecule has 1 aliphatic rings. The third kappa shape index (κ3) is 2.53. The first-order valence-electron chi connectivity index (χ1n) is 5.99. The quantitative estimate of drug-likeness (QED) is 0.701. The molecule has 6 heteroatoms. The summed E-state index contributed by atoms with van der Waals surface area (Å²) in [5, 5.41) is 18.7. The fourth-order valence-corrected chi connectivity index (χ4v) is 2.28. The molecule has 0 spiro atoms. The second kappa shape index (κ2) is 4.89. The molecule has 0 aliphatic carbocycles. The predicted molar refractivity (Wildman–Crippen MR) is 67.4 cm³/mol. The number of benzene rings is 1. The van der Waals surface area contributed by atoms with Gasteiger partial charge in [0.05, 0.1) is 6.04 Å². The molecule has 0 radical (unpaired) electrons. The van der Waals surface area contributed by atoms with E-state index in [1.54, 1.807) is 12.1 Å². The highest BCUT2D eigenvalue weighted by molar-refractivity contribution is 5.87. The minimum absolute atomic E-state index is 0.0979. The van der Waals surface area contributed by atoms with Crippen LogP contribution in [0.5, 0.6) is 5.75 Å². The molecule has 102 valence electrons. The summed E-state index contributed by atoms with van der Waals surface area (Å²) in [6.45, 7) is 1.68. The van der Waals surface area contributed by atoms with Crippen LogP contribution in [0.15, 0.2) is 18.2 Å². The molecular weight excluding hydrogens is 248 g/mol. The van der Waals surface area contributed by atoms with Gasteiger partial charge in [0.15, 0.2) is 0 Å². The van der Waals surface area contributed by atoms with Crippen molar-refractivity contribution in [1.29, 1.82) is 0 Å². The molecular formula is C13H16N2O4. The number of carbonyl (C=O) groups is 2. The van der Waals surface area contributed by atoms with Gasteiger partial charge >= 0.3 is 5.97 Å². The lowest BCUT2D eigenvalue weighted by Gasteiger charge is -2.35. The van der Waals surface area contributed by atoms with Crippen molar-refractivity contribution in [2.24, 2.45) is 5.73 Å². The summed E-state index contributed by atoms with van der Waals surface area (Å²) in [5.41, 5.74) is 7.13. The molecule has 1 aliphatic heterocycles. The van der Waals surface area contributed by atoms with Crippen LogP contribution in [-0.4, -0.2) is 39.1 Å². The van der Waals surface area contributed by atoms with E-state index in [1.807, 2.05) is 0 Å². The van der Waals surface area contributed by atoms with Gasteiger partial charge in [-0.3, -0.25) is 4.79 Å². The van der Waals surface area contributed by atoms with E-state index in [0.29, 0.717) is 0 Å². The van der Waals surface area contributed by atoms with E-state index in [0.717, 1.165) is 11.1 Å². The molecule has 1 aromatic rings. The number of amides is 1. The Morgan fingerprint density at radius 3 is 2.68 bits per heavy atom. The normalized spacial score (nSPS) is 19.7. The molecule has 19 heavy (non-hydrogen) atoms. The van der Waals surface area contributed by atoms with Gasteiger partial charge in [-0.2, -0.15) is 0 Å². The number of fused-ring (bicyclic) bond motifs is 1. The lowest BCUT2D eigenvalue weighted by atomic mass is 9.93. The topological polar surface area (TPSA) is 104 Å². The maximum absolute atomic E-state index is 12.0. The second-order valence-corrected chi connectivity index (χ2v) is 4.77. The number of carboxylic acids is 1. The van der Waals surface area contributed by atoms with Gasteiger partial charge in [-0.05, 0) is 30.2 Å². The van der Waals surface area contributed by atoms with Crippen LogP contribution in [0.1, 0.15) is 18.1 Å². The first kappa shape index (κ1) is 13.4. The highest BCUT2D eigenvalue weighted by atomic mass is 16.4. The predicted octanol–water partition coefficient (Wildman–Crippen LogP) is 0.0773. The molecule has 0 bridgehead atoms. The van der Waals surface area contributed by atoms with E-state index in [4.69, 9.17) is 5.73 Å². The van der Waals surface area contributed by atoms with Gasteiger partial charge in [-0.15, -0.1) is 0 Å². The van der Waals surface area contributed by atoms with Gasteiger partial charge in [0, 0.05) is 13.0 Å². The smallest absolute Gasteiger partial charge is 0.326 e. The van der Waals surface area contributed by atoms with Crippen molar-refractivity contribution in [1.82, 2.24) is 4.90 Å². The molecule has 2 rings (SSSR count). The van der Waals surface area contributed by atoms with Crippen LogP contribution in [0.2, 0.25) is 0 Å². The molecule has 1 aromatic carbocycles. The number of carboxylic acid groups (broad SMARTS) is 1.